The van der Waals surface area contributed by atoms with Crippen molar-refractivity contribution in [1.29, 1.82) is 0 Å². The SMILES string of the molecule is O=C(O)c1ccc(Cl)c(N2C(=O)c3ccc([N+](=O)[O-])c4c([N+](=O)[O-])ccc(c34)C2=O)c1. The van der Waals surface area contributed by atoms with E-state index in [1.165, 1.54) is 12.1 Å². The van der Waals surface area contributed by atoms with Gasteiger partial charge in [-0.1, -0.05) is 11.6 Å². The van der Waals surface area contributed by atoms with Gasteiger partial charge in [0.25, 0.3) is 23.2 Å². The number of hydrogen-bond donors (Lipinski definition) is 1. The average molecular weight is 442 g/mol. The van der Waals surface area contributed by atoms with E-state index in [0.29, 0.717) is 4.90 Å². The Morgan fingerprint density at radius 2 is 1.39 bits per heavy atom. The molecule has 3 aromatic carbocycles. The molecule has 0 atom stereocenters. The molecule has 4 rings (SSSR count). The molecule has 0 radical (unpaired) electrons. The van der Waals surface area contributed by atoms with Crippen molar-refractivity contribution >= 4 is 57.2 Å². The molecule has 12 heteroatoms. The van der Waals surface area contributed by atoms with Gasteiger partial charge in [-0.25, -0.2) is 9.69 Å². The Balaban J connectivity index is 2.05. The number of rotatable bonds is 4. The lowest BCUT2D eigenvalue weighted by Gasteiger charge is -2.27. The van der Waals surface area contributed by atoms with Gasteiger partial charge in [-0.15, -0.1) is 0 Å². The lowest BCUT2D eigenvalue weighted by atomic mass is 9.91. The first-order chi connectivity index (χ1) is 14.6. The number of nitro benzene ring substituents is 2. The molecule has 0 fully saturated rings. The van der Waals surface area contributed by atoms with E-state index in [9.17, 15) is 39.7 Å². The van der Waals surface area contributed by atoms with Crippen molar-refractivity contribution in [3.8, 4) is 0 Å². The molecule has 31 heavy (non-hydrogen) atoms. The molecular formula is C19H8ClN3O8. The number of imide groups is 1. The van der Waals surface area contributed by atoms with Crippen LogP contribution in [-0.4, -0.2) is 32.7 Å². The van der Waals surface area contributed by atoms with Crippen molar-refractivity contribution in [3.63, 3.8) is 0 Å². The topological polar surface area (TPSA) is 161 Å². The van der Waals surface area contributed by atoms with E-state index in [1.807, 2.05) is 0 Å². The number of nitro groups is 2. The van der Waals surface area contributed by atoms with Crippen LogP contribution in [0, 0.1) is 20.2 Å². The molecule has 0 aliphatic carbocycles. The van der Waals surface area contributed by atoms with Crippen LogP contribution in [0.5, 0.6) is 0 Å². The van der Waals surface area contributed by atoms with Crippen LogP contribution in [-0.2, 0) is 0 Å². The minimum Gasteiger partial charge on any atom is -0.478 e. The van der Waals surface area contributed by atoms with Crippen LogP contribution in [0.3, 0.4) is 0 Å². The maximum atomic E-state index is 13.2. The van der Waals surface area contributed by atoms with Gasteiger partial charge < -0.3 is 5.11 Å². The smallest absolute Gasteiger partial charge is 0.335 e. The second kappa shape index (κ2) is 6.85. The average Bonchev–Trinajstić information content (AvgIpc) is 2.72. The summed E-state index contributed by atoms with van der Waals surface area (Å²) >= 11 is 6.11. The van der Waals surface area contributed by atoms with Gasteiger partial charge in [0.2, 0.25) is 0 Å². The number of halogens is 1. The predicted octanol–water partition coefficient (Wildman–Crippen LogP) is 3.81. The number of anilines is 1. The Labute approximate surface area is 176 Å². The molecule has 3 aromatic rings. The first-order valence-electron chi connectivity index (χ1n) is 8.43. The third-order valence-corrected chi connectivity index (χ3v) is 5.13. The number of hydrogen-bond acceptors (Lipinski definition) is 7. The summed E-state index contributed by atoms with van der Waals surface area (Å²) in [5.74, 6) is -3.23. The molecule has 1 N–H and O–H groups in total. The van der Waals surface area contributed by atoms with E-state index in [-0.39, 0.29) is 32.8 Å². The summed E-state index contributed by atoms with van der Waals surface area (Å²) in [6, 6.07) is 7.49. The monoisotopic (exact) mass is 441 g/mol. The van der Waals surface area contributed by atoms with Gasteiger partial charge in [0, 0.05) is 28.6 Å². The zero-order chi connectivity index (χ0) is 22.6. The minimum atomic E-state index is -1.32. The number of carbonyl (C=O) groups excluding carboxylic acids is 2. The van der Waals surface area contributed by atoms with Crippen LogP contribution < -0.4 is 4.90 Å². The Kier molecular flexibility index (Phi) is 4.40. The Hall–Kier alpha value is -4.38. The molecule has 2 amide bonds. The molecular weight excluding hydrogens is 434 g/mol. The highest BCUT2D eigenvalue weighted by molar-refractivity contribution is 6.41. The summed E-state index contributed by atoms with van der Waals surface area (Å²) in [5.41, 5.74) is -2.10. The van der Waals surface area contributed by atoms with E-state index in [1.54, 1.807) is 0 Å². The van der Waals surface area contributed by atoms with Gasteiger partial charge >= 0.3 is 5.97 Å². The highest BCUT2D eigenvalue weighted by Gasteiger charge is 2.39. The van der Waals surface area contributed by atoms with Crippen LogP contribution >= 0.6 is 11.6 Å². The summed E-state index contributed by atoms with van der Waals surface area (Å²) in [7, 11) is 0. The number of amides is 2. The van der Waals surface area contributed by atoms with Crippen LogP contribution in [0.4, 0.5) is 17.1 Å². The molecule has 1 heterocycles. The quantitative estimate of drug-likeness (QED) is 0.363. The second-order valence-electron chi connectivity index (χ2n) is 6.45. The van der Waals surface area contributed by atoms with E-state index < -0.39 is 44.4 Å². The van der Waals surface area contributed by atoms with Gasteiger partial charge in [-0.3, -0.25) is 29.8 Å². The van der Waals surface area contributed by atoms with Gasteiger partial charge in [-0.2, -0.15) is 0 Å². The Morgan fingerprint density at radius 1 is 0.871 bits per heavy atom. The van der Waals surface area contributed by atoms with Crippen molar-refractivity contribution in [2.24, 2.45) is 0 Å². The van der Waals surface area contributed by atoms with Crippen molar-refractivity contribution in [2.75, 3.05) is 4.90 Å². The summed E-state index contributed by atoms with van der Waals surface area (Å²) in [6.07, 6.45) is 0. The summed E-state index contributed by atoms with van der Waals surface area (Å²) < 4.78 is 0. The fourth-order valence-electron chi connectivity index (χ4n) is 3.49. The molecule has 0 saturated heterocycles. The van der Waals surface area contributed by atoms with Crippen molar-refractivity contribution < 1.29 is 29.3 Å². The standard InChI is InChI=1S/C19H8ClN3O8/c20-11-4-1-8(19(26)27)7-14(11)21-17(24)9-2-5-12(22(28)29)16-13(23(30)31)6-3-10(15(9)16)18(21)25/h1-7H,(H,26,27). The minimum absolute atomic E-state index is 0.0878. The molecule has 0 aromatic heterocycles. The second-order valence-corrected chi connectivity index (χ2v) is 6.85. The molecule has 1 aliphatic heterocycles. The number of aromatic carboxylic acids is 1. The molecule has 0 spiro atoms. The van der Waals surface area contributed by atoms with E-state index in [2.05, 4.69) is 0 Å². The number of carbonyl (C=O) groups is 3. The molecule has 11 nitrogen and oxygen atoms in total. The molecule has 0 saturated carbocycles. The number of carboxylic acid groups (broad SMARTS) is 1. The van der Waals surface area contributed by atoms with Gasteiger partial charge in [-0.05, 0) is 30.3 Å². The fraction of sp³-hybridized carbons (Fsp3) is 0. The first kappa shape index (κ1) is 19.9. The lowest BCUT2D eigenvalue weighted by molar-refractivity contribution is -0.390. The van der Waals surface area contributed by atoms with Crippen molar-refractivity contribution in [2.45, 2.75) is 0 Å². The fourth-order valence-corrected chi connectivity index (χ4v) is 3.69. The predicted molar refractivity (Wildman–Crippen MR) is 107 cm³/mol. The van der Waals surface area contributed by atoms with Crippen molar-refractivity contribution in [1.82, 2.24) is 0 Å². The molecule has 1 aliphatic rings. The number of non-ortho nitro benzene ring substituents is 2. The highest BCUT2D eigenvalue weighted by Crippen LogP contribution is 2.42. The third-order valence-electron chi connectivity index (χ3n) is 4.81. The molecule has 0 unspecified atom stereocenters. The van der Waals surface area contributed by atoms with E-state index in [0.717, 1.165) is 30.3 Å². The number of benzene rings is 3. The van der Waals surface area contributed by atoms with Crippen molar-refractivity contribution in [3.05, 3.63) is 84.4 Å². The number of nitrogens with zero attached hydrogens (tertiary/aromatic N) is 3. The maximum absolute atomic E-state index is 13.2. The molecule has 154 valence electrons. The van der Waals surface area contributed by atoms with Gasteiger partial charge in [0.15, 0.2) is 0 Å². The number of carboxylic acids is 1. The maximum Gasteiger partial charge on any atom is 0.335 e. The normalized spacial score (nSPS) is 12.9. The van der Waals surface area contributed by atoms with E-state index in [4.69, 9.17) is 11.6 Å². The zero-order valence-electron chi connectivity index (χ0n) is 15.1. The van der Waals surface area contributed by atoms with Gasteiger partial charge in [0.05, 0.1) is 26.1 Å². The highest BCUT2D eigenvalue weighted by atomic mass is 35.5. The lowest BCUT2D eigenvalue weighted by Crippen LogP contribution is -2.40. The zero-order valence-corrected chi connectivity index (χ0v) is 15.8. The Bertz CT molecular complexity index is 1320. The summed E-state index contributed by atoms with van der Waals surface area (Å²) in [4.78, 5) is 59.5. The third kappa shape index (κ3) is 2.87. The van der Waals surface area contributed by atoms with E-state index >= 15 is 0 Å². The summed E-state index contributed by atoms with van der Waals surface area (Å²) in [6.45, 7) is 0. The van der Waals surface area contributed by atoms with Crippen LogP contribution in [0.2, 0.25) is 5.02 Å². The van der Waals surface area contributed by atoms with Crippen LogP contribution in [0.25, 0.3) is 10.8 Å². The van der Waals surface area contributed by atoms with Gasteiger partial charge in [0.1, 0.15) is 5.39 Å². The Morgan fingerprint density at radius 3 is 1.84 bits per heavy atom. The first-order valence-corrected chi connectivity index (χ1v) is 8.81. The largest absolute Gasteiger partial charge is 0.478 e. The summed E-state index contributed by atoms with van der Waals surface area (Å²) in [5, 5.41) is 31.3. The molecule has 0 bridgehead atoms. The van der Waals surface area contributed by atoms with Crippen LogP contribution in [0.15, 0.2) is 42.5 Å². The van der Waals surface area contributed by atoms with Crippen LogP contribution in [0.1, 0.15) is 31.1 Å².